The van der Waals surface area contributed by atoms with E-state index in [4.69, 9.17) is 9.90 Å². The van der Waals surface area contributed by atoms with E-state index in [1.54, 1.807) is 30.1 Å². The summed E-state index contributed by atoms with van der Waals surface area (Å²) in [5, 5.41) is 9.56. The molecule has 4 rings (SSSR count). The summed E-state index contributed by atoms with van der Waals surface area (Å²) in [5.74, 6) is 0.284. The number of aromatic amines is 1. The average molecular weight is 440 g/mol. The van der Waals surface area contributed by atoms with E-state index in [1.165, 1.54) is 6.07 Å². The van der Waals surface area contributed by atoms with Gasteiger partial charge < -0.3 is 20.3 Å². The maximum atomic E-state index is 14.1. The predicted octanol–water partition coefficient (Wildman–Crippen LogP) is 2.07. The van der Waals surface area contributed by atoms with Gasteiger partial charge in [-0.1, -0.05) is 24.3 Å². The SMILES string of the molecule is CNC(=O)C1(Cc2ccccc2F)CN(C(=O)Cc2ccc3nc(C)[nH]c3c2)C1.O=CO. The molecule has 1 aliphatic heterocycles. The minimum absolute atomic E-state index is 0.0475. The number of hydrogen-bond acceptors (Lipinski definition) is 4. The highest BCUT2D eigenvalue weighted by atomic mass is 19.1. The molecular weight excluding hydrogens is 415 g/mol. The zero-order valence-electron chi connectivity index (χ0n) is 17.9. The molecule has 8 nitrogen and oxygen atoms in total. The van der Waals surface area contributed by atoms with Gasteiger partial charge >= 0.3 is 0 Å². The van der Waals surface area contributed by atoms with Crippen LogP contribution in [0.5, 0.6) is 0 Å². The number of hydrogen-bond donors (Lipinski definition) is 3. The third kappa shape index (κ3) is 4.77. The second-order valence-corrected chi connectivity index (χ2v) is 7.83. The Labute approximate surface area is 184 Å². The molecule has 168 valence electrons. The van der Waals surface area contributed by atoms with Crippen LogP contribution in [0.1, 0.15) is 17.0 Å². The number of carbonyl (C=O) groups excluding carboxylic acids is 2. The first kappa shape index (κ1) is 22.9. The Bertz CT molecular complexity index is 1140. The summed E-state index contributed by atoms with van der Waals surface area (Å²) in [5.41, 5.74) is 2.35. The highest BCUT2D eigenvalue weighted by Gasteiger charge is 2.50. The van der Waals surface area contributed by atoms with Crippen LogP contribution < -0.4 is 5.32 Å². The van der Waals surface area contributed by atoms with E-state index in [9.17, 15) is 14.0 Å². The lowest BCUT2D eigenvalue weighted by molar-refractivity contribution is -0.153. The van der Waals surface area contributed by atoms with Crippen LogP contribution in [-0.2, 0) is 27.2 Å². The molecule has 1 aliphatic rings. The molecule has 0 atom stereocenters. The Morgan fingerprint density at radius 3 is 2.62 bits per heavy atom. The lowest BCUT2D eigenvalue weighted by atomic mass is 9.73. The highest BCUT2D eigenvalue weighted by molar-refractivity contribution is 5.89. The number of benzene rings is 2. The summed E-state index contributed by atoms with van der Waals surface area (Å²) in [6.45, 7) is 2.20. The van der Waals surface area contributed by atoms with Crippen molar-refractivity contribution in [2.75, 3.05) is 20.1 Å². The van der Waals surface area contributed by atoms with E-state index < -0.39 is 5.41 Å². The standard InChI is InChI=1S/C22H23FN4O2.CH2O2/c1-14-25-18-8-7-15(9-19(18)26-14)10-20(28)27-12-22(13-27,21(29)24-2)11-16-5-3-4-6-17(16)23;2-1-3/h3-9H,10-13H2,1-2H3,(H,24,29)(H,25,26);1H,(H,2,3). The number of nitrogens with one attached hydrogen (secondary N) is 2. The Morgan fingerprint density at radius 2 is 1.97 bits per heavy atom. The maximum absolute atomic E-state index is 14.1. The Hall–Kier alpha value is -3.75. The molecule has 3 aromatic rings. The van der Waals surface area contributed by atoms with Crippen molar-refractivity contribution >= 4 is 29.3 Å². The highest BCUT2D eigenvalue weighted by Crippen LogP contribution is 2.35. The van der Waals surface area contributed by atoms with Crippen molar-refractivity contribution in [3.8, 4) is 0 Å². The molecule has 9 heteroatoms. The molecule has 2 aromatic carbocycles. The summed E-state index contributed by atoms with van der Waals surface area (Å²) in [7, 11) is 1.57. The van der Waals surface area contributed by atoms with Crippen LogP contribution in [0.3, 0.4) is 0 Å². The molecule has 32 heavy (non-hydrogen) atoms. The van der Waals surface area contributed by atoms with Crippen molar-refractivity contribution in [3.05, 3.63) is 65.2 Å². The minimum Gasteiger partial charge on any atom is -0.483 e. The summed E-state index contributed by atoms with van der Waals surface area (Å²) >= 11 is 0. The van der Waals surface area contributed by atoms with Crippen molar-refractivity contribution < 1.29 is 23.9 Å². The largest absolute Gasteiger partial charge is 0.483 e. The number of rotatable bonds is 5. The number of H-pyrrole nitrogens is 1. The molecule has 1 fully saturated rings. The summed E-state index contributed by atoms with van der Waals surface area (Å²) in [6.07, 6.45) is 0.514. The summed E-state index contributed by atoms with van der Waals surface area (Å²) < 4.78 is 14.1. The predicted molar refractivity (Wildman–Crippen MR) is 116 cm³/mol. The third-order valence-electron chi connectivity index (χ3n) is 5.56. The number of aromatic nitrogens is 2. The van der Waals surface area contributed by atoms with E-state index in [-0.39, 0.29) is 50.0 Å². The van der Waals surface area contributed by atoms with Gasteiger partial charge in [0.2, 0.25) is 11.8 Å². The number of halogens is 1. The zero-order valence-corrected chi connectivity index (χ0v) is 17.9. The fourth-order valence-corrected chi connectivity index (χ4v) is 4.05. The van der Waals surface area contributed by atoms with E-state index in [2.05, 4.69) is 15.3 Å². The lowest BCUT2D eigenvalue weighted by Crippen LogP contribution is -2.65. The van der Waals surface area contributed by atoms with Crippen molar-refractivity contribution in [1.29, 1.82) is 0 Å². The Morgan fingerprint density at radius 1 is 1.28 bits per heavy atom. The first-order valence-corrected chi connectivity index (χ1v) is 10.1. The number of nitrogens with zero attached hydrogens (tertiary/aromatic N) is 2. The zero-order chi connectivity index (χ0) is 23.3. The minimum atomic E-state index is -0.795. The second-order valence-electron chi connectivity index (χ2n) is 7.83. The van der Waals surface area contributed by atoms with E-state index in [1.807, 2.05) is 25.1 Å². The number of aryl methyl sites for hydroxylation is 1. The molecule has 0 bridgehead atoms. The van der Waals surface area contributed by atoms with Crippen molar-refractivity contribution in [2.45, 2.75) is 19.8 Å². The molecule has 0 spiro atoms. The first-order chi connectivity index (χ1) is 15.3. The van der Waals surface area contributed by atoms with E-state index in [0.717, 1.165) is 22.4 Å². The van der Waals surface area contributed by atoms with E-state index >= 15 is 0 Å². The number of imidazole rings is 1. The van der Waals surface area contributed by atoms with Crippen LogP contribution >= 0.6 is 0 Å². The third-order valence-corrected chi connectivity index (χ3v) is 5.56. The lowest BCUT2D eigenvalue weighted by Gasteiger charge is -2.49. The molecular formula is C23H25FN4O4. The molecule has 2 amide bonds. The number of likely N-dealkylation sites (tertiary alicyclic amines) is 1. The fourth-order valence-electron chi connectivity index (χ4n) is 4.05. The van der Waals surface area contributed by atoms with Crippen LogP contribution in [0.25, 0.3) is 11.0 Å². The summed E-state index contributed by atoms with van der Waals surface area (Å²) in [4.78, 5) is 42.8. The quantitative estimate of drug-likeness (QED) is 0.526. The van der Waals surface area contributed by atoms with Gasteiger partial charge in [-0.3, -0.25) is 14.4 Å². The average Bonchev–Trinajstić information content (AvgIpc) is 3.11. The van der Waals surface area contributed by atoms with Crippen molar-refractivity contribution in [2.24, 2.45) is 5.41 Å². The Balaban J connectivity index is 0.000000913. The number of carbonyl (C=O) groups is 3. The first-order valence-electron chi connectivity index (χ1n) is 10.1. The maximum Gasteiger partial charge on any atom is 0.290 e. The van der Waals surface area contributed by atoms with Gasteiger partial charge in [0.05, 0.1) is 22.9 Å². The second kappa shape index (κ2) is 9.59. The van der Waals surface area contributed by atoms with Gasteiger partial charge in [0, 0.05) is 20.1 Å². The Kier molecular flexibility index (Phi) is 6.87. The molecule has 0 unspecified atom stereocenters. The van der Waals surface area contributed by atoms with Crippen molar-refractivity contribution in [1.82, 2.24) is 20.2 Å². The van der Waals surface area contributed by atoms with Gasteiger partial charge in [-0.05, 0) is 42.7 Å². The van der Waals surface area contributed by atoms with Gasteiger partial charge in [0.15, 0.2) is 0 Å². The van der Waals surface area contributed by atoms with Crippen LogP contribution in [0.15, 0.2) is 42.5 Å². The fraction of sp³-hybridized carbons (Fsp3) is 0.304. The molecule has 0 radical (unpaired) electrons. The molecule has 1 aromatic heterocycles. The van der Waals surface area contributed by atoms with Gasteiger partial charge in [0.1, 0.15) is 11.6 Å². The van der Waals surface area contributed by atoms with Gasteiger partial charge in [-0.15, -0.1) is 0 Å². The molecule has 2 heterocycles. The van der Waals surface area contributed by atoms with Gasteiger partial charge in [-0.2, -0.15) is 0 Å². The van der Waals surface area contributed by atoms with Crippen molar-refractivity contribution in [3.63, 3.8) is 0 Å². The van der Waals surface area contributed by atoms with Crippen LogP contribution in [0, 0.1) is 18.2 Å². The molecule has 0 aliphatic carbocycles. The van der Waals surface area contributed by atoms with Gasteiger partial charge in [0.25, 0.3) is 6.47 Å². The topological polar surface area (TPSA) is 115 Å². The monoisotopic (exact) mass is 440 g/mol. The molecule has 0 saturated carbocycles. The molecule has 3 N–H and O–H groups in total. The van der Waals surface area contributed by atoms with Crippen LogP contribution in [0.4, 0.5) is 4.39 Å². The number of fused-ring (bicyclic) bond motifs is 1. The van der Waals surface area contributed by atoms with Crippen LogP contribution in [0.2, 0.25) is 0 Å². The summed E-state index contributed by atoms with van der Waals surface area (Å²) in [6, 6.07) is 12.2. The smallest absolute Gasteiger partial charge is 0.290 e. The molecule has 1 saturated heterocycles. The van der Waals surface area contributed by atoms with E-state index in [0.29, 0.717) is 5.56 Å². The normalized spacial score (nSPS) is 14.2. The van der Waals surface area contributed by atoms with Crippen LogP contribution in [-0.4, -0.2) is 58.4 Å². The number of amides is 2. The number of carboxylic acid groups (broad SMARTS) is 1. The van der Waals surface area contributed by atoms with Gasteiger partial charge in [-0.25, -0.2) is 9.37 Å².